The molecule has 2 rings (SSSR count). The van der Waals surface area contributed by atoms with Crippen LogP contribution in [0.15, 0.2) is 48.5 Å². The number of benzene rings is 2. The zero-order chi connectivity index (χ0) is 17.0. The second kappa shape index (κ2) is 6.50. The third-order valence-corrected chi connectivity index (χ3v) is 4.17. The summed E-state index contributed by atoms with van der Waals surface area (Å²) in [5.74, 6) is -0.704. The Hall–Kier alpha value is -2.85. The van der Waals surface area contributed by atoms with Crippen molar-refractivity contribution in [2.24, 2.45) is 0 Å². The monoisotopic (exact) mass is 330 g/mol. The number of esters is 1. The SMILES string of the molecule is COC(=O)c1cccc(N(c2ccccc2)S(C)(=O)=O)c1C#N. The molecule has 2 aromatic rings. The lowest BCUT2D eigenvalue weighted by atomic mass is 10.1. The zero-order valence-corrected chi connectivity index (χ0v) is 13.4. The number of methoxy groups -OCH3 is 1. The van der Waals surface area contributed by atoms with Crippen LogP contribution < -0.4 is 4.31 Å². The molecule has 0 fully saturated rings. The normalized spacial score (nSPS) is 10.7. The Labute approximate surface area is 134 Å². The van der Waals surface area contributed by atoms with Crippen molar-refractivity contribution in [3.63, 3.8) is 0 Å². The molecular formula is C16H14N2O4S. The number of para-hydroxylation sites is 1. The first-order valence-corrected chi connectivity index (χ1v) is 8.41. The van der Waals surface area contributed by atoms with Crippen molar-refractivity contribution in [1.82, 2.24) is 0 Å². The number of hydrogen-bond acceptors (Lipinski definition) is 5. The van der Waals surface area contributed by atoms with Crippen LogP contribution in [0.1, 0.15) is 15.9 Å². The van der Waals surface area contributed by atoms with E-state index in [4.69, 9.17) is 0 Å². The number of sulfonamides is 1. The van der Waals surface area contributed by atoms with Gasteiger partial charge in [-0.15, -0.1) is 0 Å². The van der Waals surface area contributed by atoms with E-state index in [-0.39, 0.29) is 16.8 Å². The molecule has 0 aliphatic carbocycles. The summed E-state index contributed by atoms with van der Waals surface area (Å²) in [4.78, 5) is 11.8. The van der Waals surface area contributed by atoms with Crippen LogP contribution >= 0.6 is 0 Å². The van der Waals surface area contributed by atoms with Crippen molar-refractivity contribution in [2.75, 3.05) is 17.7 Å². The molecule has 0 bridgehead atoms. The number of carbonyl (C=O) groups excluding carboxylic acids is 1. The third kappa shape index (κ3) is 3.33. The van der Waals surface area contributed by atoms with Gasteiger partial charge in [-0.05, 0) is 24.3 Å². The maximum atomic E-state index is 12.3. The van der Waals surface area contributed by atoms with Crippen molar-refractivity contribution >= 4 is 27.4 Å². The van der Waals surface area contributed by atoms with Crippen LogP contribution in [-0.4, -0.2) is 27.8 Å². The average Bonchev–Trinajstić information content (AvgIpc) is 2.53. The Bertz CT molecular complexity index is 871. The van der Waals surface area contributed by atoms with Crippen LogP contribution in [0.5, 0.6) is 0 Å². The van der Waals surface area contributed by atoms with E-state index in [1.54, 1.807) is 30.3 Å². The van der Waals surface area contributed by atoms with E-state index in [1.807, 2.05) is 6.07 Å². The van der Waals surface area contributed by atoms with E-state index in [0.717, 1.165) is 10.6 Å². The Kier molecular flexibility index (Phi) is 4.67. The van der Waals surface area contributed by atoms with E-state index < -0.39 is 16.0 Å². The first-order chi connectivity index (χ1) is 10.9. The minimum Gasteiger partial charge on any atom is -0.465 e. The Balaban J connectivity index is 2.76. The molecule has 0 N–H and O–H groups in total. The van der Waals surface area contributed by atoms with Crippen LogP contribution in [-0.2, 0) is 14.8 Å². The summed E-state index contributed by atoms with van der Waals surface area (Å²) in [7, 11) is -2.53. The lowest BCUT2D eigenvalue weighted by Crippen LogP contribution is -2.26. The molecule has 2 aromatic carbocycles. The standard InChI is InChI=1S/C16H14N2O4S/c1-22-16(19)13-9-6-10-15(14(13)11-17)18(23(2,20)21)12-7-4-3-5-8-12/h3-10H,1-2H3. The molecule has 0 aliphatic heterocycles. The van der Waals surface area contributed by atoms with Crippen LogP contribution in [0.3, 0.4) is 0 Å². The molecule has 0 aliphatic rings. The summed E-state index contributed by atoms with van der Waals surface area (Å²) in [6.45, 7) is 0. The molecule has 118 valence electrons. The molecule has 0 aromatic heterocycles. The molecule has 0 atom stereocenters. The number of anilines is 2. The highest BCUT2D eigenvalue weighted by atomic mass is 32.2. The highest BCUT2D eigenvalue weighted by molar-refractivity contribution is 7.92. The van der Waals surface area contributed by atoms with Gasteiger partial charge in [-0.2, -0.15) is 5.26 Å². The predicted molar refractivity (Wildman–Crippen MR) is 85.9 cm³/mol. The molecule has 0 unspecified atom stereocenters. The molecule has 23 heavy (non-hydrogen) atoms. The summed E-state index contributed by atoms with van der Waals surface area (Å²) < 4.78 is 30.2. The zero-order valence-electron chi connectivity index (χ0n) is 12.6. The summed E-state index contributed by atoms with van der Waals surface area (Å²) in [6, 6.07) is 14.6. The lowest BCUT2D eigenvalue weighted by Gasteiger charge is -2.24. The smallest absolute Gasteiger partial charge is 0.339 e. The maximum absolute atomic E-state index is 12.3. The van der Waals surface area contributed by atoms with Gasteiger partial charge in [0.1, 0.15) is 6.07 Å². The number of nitriles is 1. The molecule has 0 amide bonds. The van der Waals surface area contributed by atoms with E-state index in [0.29, 0.717) is 5.69 Å². The first-order valence-electron chi connectivity index (χ1n) is 6.57. The molecule has 0 spiro atoms. The van der Waals surface area contributed by atoms with Crippen molar-refractivity contribution in [3.8, 4) is 6.07 Å². The number of carbonyl (C=O) groups is 1. The van der Waals surface area contributed by atoms with Gasteiger partial charge in [-0.3, -0.25) is 0 Å². The second-order valence-electron chi connectivity index (χ2n) is 4.67. The van der Waals surface area contributed by atoms with Crippen LogP contribution in [0.4, 0.5) is 11.4 Å². The minimum absolute atomic E-state index is 0.0112. The summed E-state index contributed by atoms with van der Waals surface area (Å²) in [5.41, 5.74) is 0.420. The second-order valence-corrected chi connectivity index (χ2v) is 6.50. The minimum atomic E-state index is -3.72. The predicted octanol–water partition coefficient (Wildman–Crippen LogP) is 2.44. The molecule has 7 heteroatoms. The quantitative estimate of drug-likeness (QED) is 0.804. The Morgan fingerprint density at radius 3 is 2.30 bits per heavy atom. The molecule has 0 heterocycles. The highest BCUT2D eigenvalue weighted by Crippen LogP contribution is 2.32. The number of nitrogens with zero attached hydrogens (tertiary/aromatic N) is 2. The fourth-order valence-electron chi connectivity index (χ4n) is 2.18. The highest BCUT2D eigenvalue weighted by Gasteiger charge is 2.25. The fraction of sp³-hybridized carbons (Fsp3) is 0.125. The van der Waals surface area contributed by atoms with Crippen LogP contribution in [0.25, 0.3) is 0 Å². The van der Waals surface area contributed by atoms with E-state index in [1.165, 1.54) is 25.3 Å². The van der Waals surface area contributed by atoms with Crippen molar-refractivity contribution < 1.29 is 17.9 Å². The van der Waals surface area contributed by atoms with Gasteiger partial charge in [-0.1, -0.05) is 24.3 Å². The van der Waals surface area contributed by atoms with Crippen LogP contribution in [0, 0.1) is 11.3 Å². The maximum Gasteiger partial charge on any atom is 0.339 e. The third-order valence-electron chi connectivity index (χ3n) is 3.10. The van der Waals surface area contributed by atoms with E-state index >= 15 is 0 Å². The molecular weight excluding hydrogens is 316 g/mol. The van der Waals surface area contributed by atoms with E-state index in [9.17, 15) is 18.5 Å². The van der Waals surface area contributed by atoms with Crippen molar-refractivity contribution in [3.05, 3.63) is 59.7 Å². The topological polar surface area (TPSA) is 87.5 Å². The van der Waals surface area contributed by atoms with Gasteiger partial charge in [0.25, 0.3) is 0 Å². The summed E-state index contributed by atoms with van der Waals surface area (Å²) in [6.07, 6.45) is 1.03. The summed E-state index contributed by atoms with van der Waals surface area (Å²) in [5, 5.41) is 9.43. The van der Waals surface area contributed by atoms with Gasteiger partial charge >= 0.3 is 5.97 Å². The summed E-state index contributed by atoms with van der Waals surface area (Å²) >= 11 is 0. The first kappa shape index (κ1) is 16.5. The average molecular weight is 330 g/mol. The molecule has 0 saturated carbocycles. The molecule has 0 saturated heterocycles. The molecule has 6 nitrogen and oxygen atoms in total. The van der Waals surface area contributed by atoms with Gasteiger partial charge in [-0.25, -0.2) is 17.5 Å². The van der Waals surface area contributed by atoms with Gasteiger partial charge < -0.3 is 4.74 Å². The van der Waals surface area contributed by atoms with Gasteiger partial charge in [0.05, 0.1) is 35.9 Å². The fourth-order valence-corrected chi connectivity index (χ4v) is 3.19. The van der Waals surface area contributed by atoms with Gasteiger partial charge in [0.2, 0.25) is 10.0 Å². The van der Waals surface area contributed by atoms with Crippen molar-refractivity contribution in [2.45, 2.75) is 0 Å². The Morgan fingerprint density at radius 2 is 1.78 bits per heavy atom. The number of rotatable bonds is 4. The largest absolute Gasteiger partial charge is 0.465 e. The molecule has 0 radical (unpaired) electrons. The van der Waals surface area contributed by atoms with Crippen LogP contribution in [0.2, 0.25) is 0 Å². The van der Waals surface area contributed by atoms with Crippen molar-refractivity contribution in [1.29, 1.82) is 5.26 Å². The lowest BCUT2D eigenvalue weighted by molar-refractivity contribution is 0.0600. The van der Waals surface area contributed by atoms with E-state index in [2.05, 4.69) is 4.74 Å². The number of hydrogen-bond donors (Lipinski definition) is 0. The van der Waals surface area contributed by atoms with Gasteiger partial charge in [0.15, 0.2) is 0 Å². The number of ether oxygens (including phenoxy) is 1. The van der Waals surface area contributed by atoms with Gasteiger partial charge in [0, 0.05) is 0 Å². The Morgan fingerprint density at radius 1 is 1.13 bits per heavy atom.